The number of thiazole rings is 1. The fourth-order valence-electron chi connectivity index (χ4n) is 2.99. The van der Waals surface area contributed by atoms with Crippen LogP contribution in [0.4, 0.5) is 0 Å². The molecule has 0 amide bonds. The zero-order valence-electron chi connectivity index (χ0n) is 12.1. The van der Waals surface area contributed by atoms with Gasteiger partial charge >= 0.3 is 0 Å². The van der Waals surface area contributed by atoms with Crippen LogP contribution in [0.2, 0.25) is 0 Å². The van der Waals surface area contributed by atoms with Crippen LogP contribution in [0.5, 0.6) is 0 Å². The Balaban J connectivity index is 1.79. The molecule has 112 valence electrons. The first-order chi connectivity index (χ1) is 10.1. The van der Waals surface area contributed by atoms with Crippen molar-refractivity contribution < 1.29 is 8.42 Å². The van der Waals surface area contributed by atoms with E-state index in [0.717, 1.165) is 35.5 Å². The summed E-state index contributed by atoms with van der Waals surface area (Å²) >= 11 is 1.57. The normalized spacial score (nSPS) is 18.4. The maximum absolute atomic E-state index is 12.7. The Labute approximate surface area is 130 Å². The predicted molar refractivity (Wildman–Crippen MR) is 86.5 cm³/mol. The van der Waals surface area contributed by atoms with Gasteiger partial charge in [0.05, 0.1) is 21.7 Å². The number of aromatic nitrogens is 1. The quantitative estimate of drug-likeness (QED) is 0.866. The van der Waals surface area contributed by atoms with Crippen LogP contribution < -0.4 is 0 Å². The molecule has 0 aliphatic heterocycles. The molecule has 1 aromatic heterocycles. The second kappa shape index (κ2) is 5.89. The van der Waals surface area contributed by atoms with Gasteiger partial charge in [-0.05, 0) is 37.3 Å². The average Bonchev–Trinajstić information content (AvgIpc) is 2.90. The van der Waals surface area contributed by atoms with Gasteiger partial charge < -0.3 is 0 Å². The Kier molecular flexibility index (Phi) is 4.13. The summed E-state index contributed by atoms with van der Waals surface area (Å²) in [5.41, 5.74) is 3.10. The van der Waals surface area contributed by atoms with E-state index in [-0.39, 0.29) is 11.0 Å². The van der Waals surface area contributed by atoms with Crippen LogP contribution in [0, 0.1) is 6.92 Å². The summed E-state index contributed by atoms with van der Waals surface area (Å²) < 4.78 is 25.4. The Morgan fingerprint density at radius 3 is 2.90 bits per heavy atom. The number of fused-ring (bicyclic) bond motifs is 1. The summed E-state index contributed by atoms with van der Waals surface area (Å²) in [5.74, 6) is 0.190. The molecule has 1 heterocycles. The van der Waals surface area contributed by atoms with Gasteiger partial charge in [-0.15, -0.1) is 11.3 Å². The van der Waals surface area contributed by atoms with Gasteiger partial charge in [-0.25, -0.2) is 13.4 Å². The largest absolute Gasteiger partial charge is 0.247 e. The van der Waals surface area contributed by atoms with Gasteiger partial charge in [0.1, 0.15) is 0 Å². The van der Waals surface area contributed by atoms with Crippen LogP contribution in [-0.4, -0.2) is 19.2 Å². The molecule has 0 N–H and O–H groups in total. The summed E-state index contributed by atoms with van der Waals surface area (Å²) in [6.45, 7) is 1.94. The Hall–Kier alpha value is -1.20. The summed E-state index contributed by atoms with van der Waals surface area (Å²) in [4.78, 5) is 4.36. The second-order valence-electron chi connectivity index (χ2n) is 5.55. The summed E-state index contributed by atoms with van der Waals surface area (Å²) in [6.07, 6.45) is 3.21. The van der Waals surface area contributed by atoms with E-state index in [1.54, 1.807) is 11.3 Å². The van der Waals surface area contributed by atoms with Crippen molar-refractivity contribution in [2.45, 2.75) is 37.9 Å². The molecule has 5 heteroatoms. The van der Waals surface area contributed by atoms with Crippen LogP contribution in [-0.2, 0) is 22.7 Å². The topological polar surface area (TPSA) is 47.0 Å². The van der Waals surface area contributed by atoms with E-state index in [2.05, 4.69) is 11.1 Å². The molecule has 0 saturated carbocycles. The van der Waals surface area contributed by atoms with Gasteiger partial charge in [0.2, 0.25) is 0 Å². The molecule has 3 nitrogen and oxygen atoms in total. The van der Waals surface area contributed by atoms with E-state index < -0.39 is 9.84 Å². The van der Waals surface area contributed by atoms with Crippen molar-refractivity contribution in [3.8, 4) is 0 Å². The highest BCUT2D eigenvalue weighted by atomic mass is 32.2. The highest BCUT2D eigenvalue weighted by molar-refractivity contribution is 7.91. The average molecular weight is 321 g/mol. The lowest BCUT2D eigenvalue weighted by Gasteiger charge is -2.25. The maximum atomic E-state index is 12.7. The van der Waals surface area contributed by atoms with Crippen LogP contribution in [0.3, 0.4) is 0 Å². The van der Waals surface area contributed by atoms with Crippen molar-refractivity contribution in [1.82, 2.24) is 4.98 Å². The minimum atomic E-state index is -3.12. The third-order valence-corrected chi connectivity index (χ3v) is 7.01. The molecule has 0 fully saturated rings. The number of benzene rings is 1. The SMILES string of the molecule is Cc1nc(CCS(=O)(=O)C2CCCc3ccccc32)cs1. The summed E-state index contributed by atoms with van der Waals surface area (Å²) in [5, 5.41) is 2.62. The number of sulfone groups is 1. The van der Waals surface area contributed by atoms with E-state index in [9.17, 15) is 8.42 Å². The highest BCUT2D eigenvalue weighted by Crippen LogP contribution is 2.36. The summed E-state index contributed by atoms with van der Waals surface area (Å²) in [6, 6.07) is 7.97. The molecule has 0 radical (unpaired) electrons. The Bertz CT molecular complexity index is 734. The van der Waals surface area contributed by atoms with Crippen LogP contribution in [0.25, 0.3) is 0 Å². The standard InChI is InChI=1S/C16H19NO2S2/c1-12-17-14(11-20-12)9-10-21(18,19)16-8-4-6-13-5-2-3-7-15(13)16/h2-3,5,7,11,16H,4,6,8-10H2,1H3. The van der Waals surface area contributed by atoms with E-state index in [4.69, 9.17) is 0 Å². The van der Waals surface area contributed by atoms with Crippen LogP contribution >= 0.6 is 11.3 Å². The second-order valence-corrected chi connectivity index (χ2v) is 8.92. The Morgan fingerprint density at radius 2 is 2.14 bits per heavy atom. The van der Waals surface area contributed by atoms with Crippen molar-refractivity contribution in [2.75, 3.05) is 5.75 Å². The van der Waals surface area contributed by atoms with Crippen molar-refractivity contribution in [2.24, 2.45) is 0 Å². The minimum absolute atomic E-state index is 0.190. The number of hydrogen-bond acceptors (Lipinski definition) is 4. The third-order valence-electron chi connectivity index (χ3n) is 4.06. The maximum Gasteiger partial charge on any atom is 0.157 e. The molecule has 1 atom stereocenters. The van der Waals surface area contributed by atoms with Crippen molar-refractivity contribution in [3.05, 3.63) is 51.5 Å². The fourth-order valence-corrected chi connectivity index (χ4v) is 5.56. The number of nitrogens with zero attached hydrogens (tertiary/aromatic N) is 1. The lowest BCUT2D eigenvalue weighted by atomic mass is 9.91. The third kappa shape index (κ3) is 3.19. The Morgan fingerprint density at radius 1 is 1.33 bits per heavy atom. The molecular weight excluding hydrogens is 302 g/mol. The first-order valence-electron chi connectivity index (χ1n) is 7.26. The molecule has 3 rings (SSSR count). The van der Waals surface area contributed by atoms with Gasteiger partial charge in [-0.3, -0.25) is 0 Å². The number of aryl methyl sites for hydroxylation is 3. The number of rotatable bonds is 4. The molecule has 1 aliphatic carbocycles. The fraction of sp³-hybridized carbons (Fsp3) is 0.438. The van der Waals surface area contributed by atoms with Gasteiger partial charge in [-0.1, -0.05) is 24.3 Å². The molecule has 0 bridgehead atoms. The smallest absolute Gasteiger partial charge is 0.157 e. The summed E-state index contributed by atoms with van der Waals surface area (Å²) in [7, 11) is -3.12. The van der Waals surface area contributed by atoms with E-state index >= 15 is 0 Å². The molecule has 1 unspecified atom stereocenters. The minimum Gasteiger partial charge on any atom is -0.247 e. The van der Waals surface area contributed by atoms with Gasteiger partial charge in [0.15, 0.2) is 9.84 Å². The zero-order chi connectivity index (χ0) is 14.9. The van der Waals surface area contributed by atoms with Crippen molar-refractivity contribution in [1.29, 1.82) is 0 Å². The van der Waals surface area contributed by atoms with E-state index in [1.807, 2.05) is 30.5 Å². The molecule has 0 saturated heterocycles. The monoisotopic (exact) mass is 321 g/mol. The van der Waals surface area contributed by atoms with Gasteiger partial charge in [-0.2, -0.15) is 0 Å². The zero-order valence-corrected chi connectivity index (χ0v) is 13.7. The number of hydrogen-bond donors (Lipinski definition) is 0. The lowest BCUT2D eigenvalue weighted by Crippen LogP contribution is -2.22. The lowest BCUT2D eigenvalue weighted by molar-refractivity contribution is 0.559. The first kappa shape index (κ1) is 14.7. The highest BCUT2D eigenvalue weighted by Gasteiger charge is 2.31. The predicted octanol–water partition coefficient (Wildman–Crippen LogP) is 3.49. The molecule has 0 spiro atoms. The van der Waals surface area contributed by atoms with Crippen LogP contribution in [0.1, 0.15) is 39.9 Å². The van der Waals surface area contributed by atoms with Gasteiger partial charge in [0.25, 0.3) is 0 Å². The molecule has 1 aliphatic rings. The van der Waals surface area contributed by atoms with Gasteiger partial charge in [0, 0.05) is 11.8 Å². The first-order valence-corrected chi connectivity index (χ1v) is 9.86. The van der Waals surface area contributed by atoms with Crippen molar-refractivity contribution in [3.63, 3.8) is 0 Å². The molecule has 2 aromatic rings. The van der Waals surface area contributed by atoms with Crippen molar-refractivity contribution >= 4 is 21.2 Å². The van der Waals surface area contributed by atoms with Crippen LogP contribution in [0.15, 0.2) is 29.6 Å². The van der Waals surface area contributed by atoms with E-state index in [0.29, 0.717) is 6.42 Å². The van der Waals surface area contributed by atoms with E-state index in [1.165, 1.54) is 5.56 Å². The molecule has 21 heavy (non-hydrogen) atoms. The molecular formula is C16H19NO2S2. The molecule has 1 aromatic carbocycles.